The topological polar surface area (TPSA) is 58.0 Å². The van der Waals surface area contributed by atoms with E-state index in [0.29, 0.717) is 16.8 Å². The van der Waals surface area contributed by atoms with E-state index in [-0.39, 0.29) is 18.0 Å². The average Bonchev–Trinajstić information content (AvgIpc) is 3.29. The second-order valence-corrected chi connectivity index (χ2v) is 12.7. The van der Waals surface area contributed by atoms with E-state index >= 15 is 0 Å². The Morgan fingerprint density at radius 1 is 0.727 bits per heavy atom. The first-order chi connectivity index (χ1) is 21.0. The molecule has 2 aliphatic rings. The zero-order chi connectivity index (χ0) is 32.6. The fraction of sp³-hybridized carbons (Fsp3) is 0.205. The number of hydrogen-bond acceptors (Lipinski definition) is 5. The van der Waals surface area contributed by atoms with Gasteiger partial charge < -0.3 is 5.41 Å². The molecule has 0 amide bonds. The molecular formula is C39H39NO2S2. The molecule has 0 aromatic heterocycles. The molecule has 3 nitrogen and oxygen atoms in total. The van der Waals surface area contributed by atoms with Gasteiger partial charge in [-0.2, -0.15) is 0 Å². The lowest BCUT2D eigenvalue weighted by Crippen LogP contribution is -1.99. The molecule has 4 aromatic carbocycles. The molecule has 1 N–H and O–H groups in total. The van der Waals surface area contributed by atoms with Crippen LogP contribution in [0.15, 0.2) is 99.0 Å². The summed E-state index contributed by atoms with van der Waals surface area (Å²) in [6, 6.07) is 24.6. The fourth-order valence-electron chi connectivity index (χ4n) is 4.58. The lowest BCUT2D eigenvalue weighted by atomic mass is 9.97. The number of carbonyl (C=O) groups is 2. The Kier molecular flexibility index (Phi) is 12.2. The predicted molar refractivity (Wildman–Crippen MR) is 188 cm³/mol. The van der Waals surface area contributed by atoms with Crippen molar-refractivity contribution in [2.45, 2.75) is 74.5 Å². The van der Waals surface area contributed by atoms with E-state index in [4.69, 9.17) is 11.8 Å². The Labute approximate surface area is 271 Å². The summed E-state index contributed by atoms with van der Waals surface area (Å²) in [5.74, 6) is 1.91. The van der Waals surface area contributed by atoms with Crippen LogP contribution in [0.4, 0.5) is 0 Å². The Bertz CT molecular complexity index is 1740. The van der Waals surface area contributed by atoms with Gasteiger partial charge in [0.2, 0.25) is 5.78 Å². The van der Waals surface area contributed by atoms with Crippen molar-refractivity contribution in [3.8, 4) is 12.3 Å². The molecule has 44 heavy (non-hydrogen) atoms. The Hall–Kier alpha value is -4.11. The number of rotatable bonds is 2. The quantitative estimate of drug-likeness (QED) is 0.122. The molecule has 0 saturated heterocycles. The van der Waals surface area contributed by atoms with Crippen LogP contribution in [0.5, 0.6) is 0 Å². The maximum atomic E-state index is 11.4. The minimum atomic E-state index is -0.289. The van der Waals surface area contributed by atoms with Crippen LogP contribution in [0.3, 0.4) is 0 Å². The standard InChI is InChI=1S/C14H12S2.C13H12O.C10H9NO.C2H6/c1-9-3-5-11-13(7-9)15-12-6-4-10(2)8-14(12)16-11;1-5-13(14)11-7-6-10(4)8-12(11)9(2)3;1-6-2-3-7-8(4-6)9(11)5-10(7)12;1-2/h3-8H,1-2H3;1,6-8H,2H2,3-4H3;2-4,11H,5H2,1H3;1-2H3. The lowest BCUT2D eigenvalue weighted by molar-refractivity contribution is 0.100. The van der Waals surface area contributed by atoms with Crippen molar-refractivity contribution in [2.75, 3.05) is 0 Å². The van der Waals surface area contributed by atoms with Crippen molar-refractivity contribution in [1.82, 2.24) is 0 Å². The third-order valence-electron chi connectivity index (χ3n) is 6.79. The summed E-state index contributed by atoms with van der Waals surface area (Å²) >= 11 is 3.77. The third kappa shape index (κ3) is 8.50. The average molecular weight is 618 g/mol. The summed E-state index contributed by atoms with van der Waals surface area (Å²) in [5, 5.41) is 7.54. The van der Waals surface area contributed by atoms with Crippen molar-refractivity contribution in [2.24, 2.45) is 0 Å². The van der Waals surface area contributed by atoms with Crippen LogP contribution in [0, 0.1) is 45.4 Å². The molecule has 0 unspecified atom stereocenters. The zero-order valence-corrected chi connectivity index (χ0v) is 28.2. The lowest BCUT2D eigenvalue weighted by Gasteiger charge is -2.18. The molecule has 0 fully saturated rings. The normalized spacial score (nSPS) is 12.0. The Morgan fingerprint density at radius 2 is 1.20 bits per heavy atom. The number of terminal acetylenes is 1. The van der Waals surface area contributed by atoms with Crippen LogP contribution in [0.1, 0.15) is 81.3 Å². The number of Topliss-reactive ketones (excluding diaryl/α,β-unsaturated/α-hetero) is 2. The Morgan fingerprint density at radius 3 is 1.73 bits per heavy atom. The van der Waals surface area contributed by atoms with E-state index in [1.807, 2.05) is 88.5 Å². The van der Waals surface area contributed by atoms with E-state index in [1.54, 1.807) is 6.07 Å². The number of benzene rings is 4. The van der Waals surface area contributed by atoms with Crippen LogP contribution in [0.25, 0.3) is 5.57 Å². The minimum Gasteiger partial charge on any atom is -0.304 e. The highest BCUT2D eigenvalue weighted by molar-refractivity contribution is 8.05. The first kappa shape index (κ1) is 34.4. The summed E-state index contributed by atoms with van der Waals surface area (Å²) in [6.07, 6.45) is 5.36. The van der Waals surface area contributed by atoms with Gasteiger partial charge in [-0.05, 0) is 93.6 Å². The summed E-state index contributed by atoms with van der Waals surface area (Å²) in [5.41, 5.74) is 9.12. The molecule has 0 atom stereocenters. The van der Waals surface area contributed by atoms with Gasteiger partial charge in [0.1, 0.15) is 0 Å². The second-order valence-electron chi connectivity index (χ2n) is 10.5. The van der Waals surface area contributed by atoms with E-state index < -0.39 is 0 Å². The maximum absolute atomic E-state index is 11.4. The van der Waals surface area contributed by atoms with Gasteiger partial charge in [-0.3, -0.25) is 9.59 Å². The van der Waals surface area contributed by atoms with E-state index in [1.165, 1.54) is 30.7 Å². The van der Waals surface area contributed by atoms with Gasteiger partial charge in [-0.15, -0.1) is 6.42 Å². The molecule has 224 valence electrons. The first-order valence-corrected chi connectivity index (χ1v) is 16.2. The predicted octanol–water partition coefficient (Wildman–Crippen LogP) is 10.7. The molecule has 0 radical (unpaired) electrons. The number of nitrogens with one attached hydrogen (secondary N) is 1. The highest BCUT2D eigenvalue weighted by Gasteiger charge is 2.23. The minimum absolute atomic E-state index is 0.0787. The summed E-state index contributed by atoms with van der Waals surface area (Å²) in [6.45, 7) is 17.9. The van der Waals surface area contributed by atoms with Gasteiger partial charge in [0.05, 0.1) is 6.42 Å². The van der Waals surface area contributed by atoms with Crippen LogP contribution >= 0.6 is 23.5 Å². The smallest absolute Gasteiger partial charge is 0.236 e. The Balaban J connectivity index is 0.000000177. The van der Waals surface area contributed by atoms with Crippen LogP contribution in [-0.2, 0) is 0 Å². The monoisotopic (exact) mass is 617 g/mol. The summed E-state index contributed by atoms with van der Waals surface area (Å²) < 4.78 is 0. The van der Waals surface area contributed by atoms with Crippen molar-refractivity contribution < 1.29 is 9.59 Å². The zero-order valence-electron chi connectivity index (χ0n) is 26.6. The third-order valence-corrected chi connectivity index (χ3v) is 9.31. The molecule has 0 saturated carbocycles. The van der Waals surface area contributed by atoms with Crippen LogP contribution in [-0.4, -0.2) is 17.3 Å². The molecule has 4 aromatic rings. The molecular weight excluding hydrogens is 579 g/mol. The molecule has 1 aliphatic carbocycles. The largest absolute Gasteiger partial charge is 0.304 e. The van der Waals surface area contributed by atoms with Crippen molar-refractivity contribution in [3.63, 3.8) is 0 Å². The number of fused-ring (bicyclic) bond motifs is 3. The molecule has 1 aliphatic heterocycles. The summed E-state index contributed by atoms with van der Waals surface area (Å²) in [7, 11) is 0. The van der Waals surface area contributed by atoms with E-state index in [9.17, 15) is 9.59 Å². The molecule has 0 bridgehead atoms. The van der Waals surface area contributed by atoms with Gasteiger partial charge in [-0.1, -0.05) is 97.0 Å². The number of ketones is 2. The van der Waals surface area contributed by atoms with Crippen molar-refractivity contribution >= 4 is 46.4 Å². The SMILES string of the molecule is C#CC(=O)c1ccc(C)cc1C(=C)C.CC.Cc1ccc2c(c1)C(=N)CC2=O.Cc1ccc2c(c1)Sc1ccc(C)cc1S2. The molecule has 5 heteroatoms. The first-order valence-electron chi connectivity index (χ1n) is 14.5. The molecule has 6 rings (SSSR count). The maximum Gasteiger partial charge on any atom is 0.236 e. The summed E-state index contributed by atoms with van der Waals surface area (Å²) in [4.78, 5) is 28.2. The van der Waals surface area contributed by atoms with Crippen molar-refractivity contribution in [3.05, 3.63) is 124 Å². The van der Waals surface area contributed by atoms with E-state index in [0.717, 1.165) is 27.8 Å². The van der Waals surface area contributed by atoms with Crippen LogP contribution < -0.4 is 0 Å². The van der Waals surface area contributed by atoms with Crippen molar-refractivity contribution in [1.29, 1.82) is 5.41 Å². The van der Waals surface area contributed by atoms with Gasteiger partial charge in [0.15, 0.2) is 5.78 Å². The number of aryl methyl sites for hydroxylation is 4. The second kappa shape index (κ2) is 15.6. The molecule has 1 heterocycles. The number of hydrogen-bond donors (Lipinski definition) is 1. The molecule has 0 spiro atoms. The highest BCUT2D eigenvalue weighted by atomic mass is 32.2. The number of carbonyl (C=O) groups excluding carboxylic acids is 2. The van der Waals surface area contributed by atoms with Gasteiger partial charge in [0.25, 0.3) is 0 Å². The highest BCUT2D eigenvalue weighted by Crippen LogP contribution is 2.48. The van der Waals surface area contributed by atoms with E-state index in [2.05, 4.69) is 62.7 Å². The fourth-order valence-corrected chi connectivity index (χ4v) is 6.98. The van der Waals surface area contributed by atoms with Gasteiger partial charge in [-0.25, -0.2) is 0 Å². The van der Waals surface area contributed by atoms with Gasteiger partial charge >= 0.3 is 0 Å². The van der Waals surface area contributed by atoms with Gasteiger partial charge in [0, 0.05) is 42.0 Å². The van der Waals surface area contributed by atoms with Crippen LogP contribution in [0.2, 0.25) is 0 Å². The number of allylic oxidation sites excluding steroid dienone is 1.